The van der Waals surface area contributed by atoms with Gasteiger partial charge in [-0.15, -0.1) is 11.3 Å². The van der Waals surface area contributed by atoms with E-state index in [2.05, 4.69) is 15.3 Å². The average Bonchev–Trinajstić information content (AvgIpc) is 3.17. The van der Waals surface area contributed by atoms with Gasteiger partial charge in [0.25, 0.3) is 0 Å². The van der Waals surface area contributed by atoms with Gasteiger partial charge in [-0.05, 0) is 39.5 Å². The first-order chi connectivity index (χ1) is 14.9. The van der Waals surface area contributed by atoms with E-state index < -0.39 is 17.8 Å². The standard InChI is InChI=1S/C22H27N5O3S/c1-13-11-18(26-22-23-12-14(2)31-22)25-19(24-13)15-7-9-27(10-8-15)20(28)16-5-3-4-6-17(16)21(29)30/h3-4,11-12,15-17H,5-10H2,1-2H3,(H,29,30)(H,23,24,25,26)/t16-,17+/m0/s1. The van der Waals surface area contributed by atoms with Crippen molar-refractivity contribution >= 4 is 34.2 Å². The molecule has 1 aliphatic heterocycles. The molecule has 0 radical (unpaired) electrons. The molecule has 2 aromatic heterocycles. The highest BCUT2D eigenvalue weighted by Gasteiger charge is 2.37. The van der Waals surface area contributed by atoms with Crippen LogP contribution in [0.3, 0.4) is 0 Å². The predicted octanol–water partition coefficient (Wildman–Crippen LogP) is 3.67. The van der Waals surface area contributed by atoms with Gasteiger partial charge in [-0.25, -0.2) is 15.0 Å². The number of carboxylic acids is 1. The van der Waals surface area contributed by atoms with Gasteiger partial charge in [0.15, 0.2) is 5.13 Å². The number of hydrogen-bond donors (Lipinski definition) is 2. The van der Waals surface area contributed by atoms with Crippen LogP contribution >= 0.6 is 11.3 Å². The molecule has 31 heavy (non-hydrogen) atoms. The highest BCUT2D eigenvalue weighted by atomic mass is 32.1. The van der Waals surface area contributed by atoms with Gasteiger partial charge >= 0.3 is 5.97 Å². The van der Waals surface area contributed by atoms with Crippen LogP contribution in [-0.4, -0.2) is 49.9 Å². The number of nitrogens with zero attached hydrogens (tertiary/aromatic N) is 4. The molecule has 1 saturated heterocycles. The van der Waals surface area contributed by atoms with Gasteiger partial charge in [-0.3, -0.25) is 9.59 Å². The summed E-state index contributed by atoms with van der Waals surface area (Å²) >= 11 is 1.58. The number of carbonyl (C=O) groups is 2. The van der Waals surface area contributed by atoms with Crippen LogP contribution in [0.1, 0.15) is 48.0 Å². The number of likely N-dealkylation sites (tertiary alicyclic amines) is 1. The Balaban J connectivity index is 1.41. The summed E-state index contributed by atoms with van der Waals surface area (Å²) in [5.74, 6) is -0.335. The Morgan fingerprint density at radius 1 is 1.13 bits per heavy atom. The van der Waals surface area contributed by atoms with E-state index in [-0.39, 0.29) is 11.8 Å². The third-order valence-corrected chi connectivity index (χ3v) is 6.79. The number of carboxylic acid groups (broad SMARTS) is 1. The molecule has 0 spiro atoms. The first-order valence-corrected chi connectivity index (χ1v) is 11.4. The quantitative estimate of drug-likeness (QED) is 0.682. The summed E-state index contributed by atoms with van der Waals surface area (Å²) in [6.07, 6.45) is 8.08. The molecule has 1 aliphatic carbocycles. The Hall–Kier alpha value is -2.81. The molecule has 0 aromatic carbocycles. The highest BCUT2D eigenvalue weighted by Crippen LogP contribution is 2.32. The summed E-state index contributed by atoms with van der Waals surface area (Å²) < 4.78 is 0. The number of carbonyl (C=O) groups excluding carboxylic acids is 1. The summed E-state index contributed by atoms with van der Waals surface area (Å²) in [5.41, 5.74) is 0.887. The molecule has 2 aliphatic rings. The maximum atomic E-state index is 13.0. The number of aryl methyl sites for hydroxylation is 2. The van der Waals surface area contributed by atoms with E-state index in [1.807, 2.05) is 43.2 Å². The van der Waals surface area contributed by atoms with E-state index >= 15 is 0 Å². The fourth-order valence-electron chi connectivity index (χ4n) is 4.31. The van der Waals surface area contributed by atoms with Gasteiger partial charge in [0, 0.05) is 41.8 Å². The lowest BCUT2D eigenvalue weighted by atomic mass is 9.81. The van der Waals surface area contributed by atoms with Crippen LogP contribution in [0.15, 0.2) is 24.4 Å². The Morgan fingerprint density at radius 3 is 2.48 bits per heavy atom. The van der Waals surface area contributed by atoms with Crippen LogP contribution in [0, 0.1) is 25.7 Å². The molecule has 2 N–H and O–H groups in total. The highest BCUT2D eigenvalue weighted by molar-refractivity contribution is 7.15. The largest absolute Gasteiger partial charge is 0.481 e. The molecule has 8 nitrogen and oxygen atoms in total. The van der Waals surface area contributed by atoms with Crippen molar-refractivity contribution in [2.75, 3.05) is 18.4 Å². The summed E-state index contributed by atoms with van der Waals surface area (Å²) in [6.45, 7) is 5.16. The number of thiazole rings is 1. The summed E-state index contributed by atoms with van der Waals surface area (Å²) in [4.78, 5) is 41.2. The number of hydrogen-bond acceptors (Lipinski definition) is 7. The molecule has 0 bridgehead atoms. The minimum Gasteiger partial charge on any atom is -0.481 e. The first-order valence-electron chi connectivity index (χ1n) is 10.6. The summed E-state index contributed by atoms with van der Waals surface area (Å²) in [5, 5.41) is 13.5. The Labute approximate surface area is 185 Å². The molecule has 2 atom stereocenters. The maximum absolute atomic E-state index is 13.0. The van der Waals surface area contributed by atoms with Crippen molar-refractivity contribution in [3.05, 3.63) is 40.8 Å². The fourth-order valence-corrected chi connectivity index (χ4v) is 4.98. The third-order valence-electron chi connectivity index (χ3n) is 5.97. The monoisotopic (exact) mass is 441 g/mol. The van der Waals surface area contributed by atoms with Crippen molar-refractivity contribution in [1.82, 2.24) is 19.9 Å². The lowest BCUT2D eigenvalue weighted by Gasteiger charge is -2.35. The minimum absolute atomic E-state index is 0.0399. The lowest BCUT2D eigenvalue weighted by molar-refractivity contribution is -0.151. The molecule has 1 fully saturated rings. The van der Waals surface area contributed by atoms with Gasteiger partial charge in [0.2, 0.25) is 5.91 Å². The van der Waals surface area contributed by atoms with Crippen molar-refractivity contribution in [3.8, 4) is 0 Å². The van der Waals surface area contributed by atoms with Gasteiger partial charge < -0.3 is 15.3 Å². The van der Waals surface area contributed by atoms with Crippen molar-refractivity contribution in [2.24, 2.45) is 11.8 Å². The molecule has 9 heteroatoms. The minimum atomic E-state index is -0.888. The SMILES string of the molecule is Cc1cc(Nc2ncc(C)s2)nc(C2CCN(C(=O)[C@H]3CC=CC[C@H]3C(=O)O)CC2)n1. The molecule has 4 rings (SSSR count). The zero-order chi connectivity index (χ0) is 22.0. The summed E-state index contributed by atoms with van der Waals surface area (Å²) in [7, 11) is 0. The second kappa shape index (κ2) is 9.13. The zero-order valence-electron chi connectivity index (χ0n) is 17.7. The van der Waals surface area contributed by atoms with Crippen LogP contribution in [0.25, 0.3) is 0 Å². The normalized spacial score (nSPS) is 21.8. The van der Waals surface area contributed by atoms with Crippen molar-refractivity contribution < 1.29 is 14.7 Å². The number of nitrogens with one attached hydrogen (secondary N) is 1. The molecule has 1 amide bonds. The molecular formula is C22H27N5O3S. The molecule has 164 valence electrons. The van der Waals surface area contributed by atoms with Gasteiger partial charge in [0.1, 0.15) is 11.6 Å². The van der Waals surface area contributed by atoms with E-state index in [1.165, 1.54) is 0 Å². The van der Waals surface area contributed by atoms with Crippen LogP contribution in [0.5, 0.6) is 0 Å². The van der Waals surface area contributed by atoms with E-state index in [4.69, 9.17) is 4.98 Å². The van der Waals surface area contributed by atoms with Gasteiger partial charge in [0.05, 0.1) is 11.8 Å². The number of piperidine rings is 1. The van der Waals surface area contributed by atoms with Crippen molar-refractivity contribution in [2.45, 2.75) is 45.4 Å². The van der Waals surface area contributed by atoms with E-state index in [0.29, 0.717) is 25.9 Å². The second-order valence-corrected chi connectivity index (χ2v) is 9.48. The van der Waals surface area contributed by atoms with E-state index in [9.17, 15) is 14.7 Å². The molecule has 2 aromatic rings. The van der Waals surface area contributed by atoms with Gasteiger partial charge in [-0.2, -0.15) is 0 Å². The number of aromatic nitrogens is 3. The number of rotatable bonds is 5. The smallest absolute Gasteiger partial charge is 0.307 e. The topological polar surface area (TPSA) is 108 Å². The number of amides is 1. The number of allylic oxidation sites excluding steroid dienone is 2. The van der Waals surface area contributed by atoms with Crippen LogP contribution in [-0.2, 0) is 9.59 Å². The molecule has 0 unspecified atom stereocenters. The third kappa shape index (κ3) is 4.92. The number of anilines is 2. The summed E-state index contributed by atoms with van der Waals surface area (Å²) in [6, 6.07) is 1.90. The Bertz CT molecular complexity index is 997. The van der Waals surface area contributed by atoms with Crippen LogP contribution in [0.2, 0.25) is 0 Å². The maximum Gasteiger partial charge on any atom is 0.307 e. The zero-order valence-corrected chi connectivity index (χ0v) is 18.6. The van der Waals surface area contributed by atoms with E-state index in [0.717, 1.165) is 40.2 Å². The number of aliphatic carboxylic acids is 1. The van der Waals surface area contributed by atoms with Crippen LogP contribution in [0.4, 0.5) is 10.9 Å². The van der Waals surface area contributed by atoms with Crippen molar-refractivity contribution in [1.29, 1.82) is 0 Å². The van der Waals surface area contributed by atoms with Crippen molar-refractivity contribution in [3.63, 3.8) is 0 Å². The fraction of sp³-hybridized carbons (Fsp3) is 0.500. The average molecular weight is 442 g/mol. The molecule has 3 heterocycles. The van der Waals surface area contributed by atoms with E-state index in [1.54, 1.807) is 11.3 Å². The predicted molar refractivity (Wildman–Crippen MR) is 118 cm³/mol. The Morgan fingerprint density at radius 2 is 1.84 bits per heavy atom. The lowest BCUT2D eigenvalue weighted by Crippen LogP contribution is -2.45. The molecule has 0 saturated carbocycles. The second-order valence-electron chi connectivity index (χ2n) is 8.25. The van der Waals surface area contributed by atoms with Crippen LogP contribution < -0.4 is 5.32 Å². The molecular weight excluding hydrogens is 414 g/mol. The Kier molecular flexibility index (Phi) is 6.31. The first kappa shape index (κ1) is 21.4. The van der Waals surface area contributed by atoms with Gasteiger partial charge in [-0.1, -0.05) is 12.2 Å².